The monoisotopic (exact) mass is 311 g/mol. The lowest BCUT2D eigenvalue weighted by molar-refractivity contribution is 0.867. The Labute approximate surface area is 143 Å². The van der Waals surface area contributed by atoms with E-state index < -0.39 is 0 Å². The van der Waals surface area contributed by atoms with Gasteiger partial charge in [0, 0.05) is 17.1 Å². The molecule has 0 N–H and O–H groups in total. The van der Waals surface area contributed by atoms with Crippen molar-refractivity contribution in [1.29, 1.82) is 0 Å². The molecule has 3 aromatic carbocycles. The topological polar surface area (TPSA) is 12.9 Å². The van der Waals surface area contributed by atoms with E-state index >= 15 is 0 Å². The van der Waals surface area contributed by atoms with E-state index in [0.717, 1.165) is 5.69 Å². The number of aryl methyl sites for hydroxylation is 1. The van der Waals surface area contributed by atoms with Crippen LogP contribution in [0.15, 0.2) is 66.9 Å². The molecular weight excluding hydrogens is 290 g/mol. The third kappa shape index (κ3) is 2.46. The lowest BCUT2D eigenvalue weighted by Crippen LogP contribution is -1.93. The largest absolute Gasteiger partial charge is 0.256 e. The van der Waals surface area contributed by atoms with Crippen LogP contribution in [-0.4, -0.2) is 4.98 Å². The van der Waals surface area contributed by atoms with Crippen LogP contribution in [0.1, 0.15) is 30.9 Å². The summed E-state index contributed by atoms with van der Waals surface area (Å²) in [5.41, 5.74) is 4.94. The average molecular weight is 311 g/mol. The zero-order valence-electron chi connectivity index (χ0n) is 14.4. The van der Waals surface area contributed by atoms with Crippen molar-refractivity contribution in [2.75, 3.05) is 0 Å². The molecule has 24 heavy (non-hydrogen) atoms. The molecule has 1 aromatic heterocycles. The fraction of sp³-hybridized carbons (Fsp3) is 0.174. The molecule has 4 aromatic rings. The van der Waals surface area contributed by atoms with Gasteiger partial charge in [0.05, 0.1) is 5.69 Å². The highest BCUT2D eigenvalue weighted by Gasteiger charge is 2.11. The van der Waals surface area contributed by atoms with E-state index in [4.69, 9.17) is 4.98 Å². The van der Waals surface area contributed by atoms with E-state index in [0.29, 0.717) is 5.92 Å². The van der Waals surface area contributed by atoms with Gasteiger partial charge < -0.3 is 0 Å². The molecule has 0 atom stereocenters. The van der Waals surface area contributed by atoms with Crippen LogP contribution < -0.4 is 0 Å². The van der Waals surface area contributed by atoms with E-state index in [2.05, 4.69) is 81.4 Å². The maximum Gasteiger partial charge on any atom is 0.0783 e. The van der Waals surface area contributed by atoms with Crippen molar-refractivity contribution in [2.24, 2.45) is 0 Å². The van der Waals surface area contributed by atoms with Gasteiger partial charge in [-0.15, -0.1) is 0 Å². The van der Waals surface area contributed by atoms with Crippen LogP contribution in [-0.2, 0) is 0 Å². The Kier molecular flexibility index (Phi) is 3.57. The summed E-state index contributed by atoms with van der Waals surface area (Å²) in [4.78, 5) is 4.72. The van der Waals surface area contributed by atoms with E-state index in [9.17, 15) is 0 Å². The maximum atomic E-state index is 4.72. The molecule has 0 bridgehead atoms. The minimum atomic E-state index is 0.533. The Morgan fingerprint density at radius 2 is 1.58 bits per heavy atom. The first-order valence-electron chi connectivity index (χ1n) is 8.52. The third-order valence-electron chi connectivity index (χ3n) is 4.77. The molecule has 0 amide bonds. The van der Waals surface area contributed by atoms with Crippen LogP contribution in [0.5, 0.6) is 0 Å². The van der Waals surface area contributed by atoms with Gasteiger partial charge >= 0.3 is 0 Å². The number of rotatable bonds is 2. The second-order valence-electron chi connectivity index (χ2n) is 6.81. The van der Waals surface area contributed by atoms with Crippen LogP contribution in [0, 0.1) is 6.92 Å². The molecule has 118 valence electrons. The fourth-order valence-electron chi connectivity index (χ4n) is 3.44. The molecular formula is C23H21N. The Balaban J connectivity index is 1.98. The summed E-state index contributed by atoms with van der Waals surface area (Å²) >= 11 is 0. The van der Waals surface area contributed by atoms with Gasteiger partial charge in [-0.2, -0.15) is 0 Å². The van der Waals surface area contributed by atoms with Gasteiger partial charge in [0.1, 0.15) is 0 Å². The average Bonchev–Trinajstić information content (AvgIpc) is 2.60. The summed E-state index contributed by atoms with van der Waals surface area (Å²) in [5.74, 6) is 0.533. The number of benzene rings is 3. The smallest absolute Gasteiger partial charge is 0.0783 e. The van der Waals surface area contributed by atoms with Gasteiger partial charge in [0.25, 0.3) is 0 Å². The Hall–Kier alpha value is -2.67. The number of hydrogen-bond donors (Lipinski definition) is 0. The van der Waals surface area contributed by atoms with Crippen LogP contribution in [0.2, 0.25) is 0 Å². The van der Waals surface area contributed by atoms with E-state index in [-0.39, 0.29) is 0 Å². The molecule has 1 heterocycles. The number of aromatic nitrogens is 1. The molecule has 0 aliphatic carbocycles. The molecule has 0 aliphatic heterocycles. The number of nitrogens with zero attached hydrogens (tertiary/aromatic N) is 1. The third-order valence-corrected chi connectivity index (χ3v) is 4.77. The van der Waals surface area contributed by atoms with Gasteiger partial charge in [-0.1, -0.05) is 62.4 Å². The molecule has 4 rings (SSSR count). The molecule has 1 nitrogen and oxygen atoms in total. The highest BCUT2D eigenvalue weighted by molar-refractivity contribution is 5.99. The van der Waals surface area contributed by atoms with Gasteiger partial charge in [0.15, 0.2) is 0 Å². The highest BCUT2D eigenvalue weighted by Crippen LogP contribution is 2.33. The minimum Gasteiger partial charge on any atom is -0.256 e. The molecule has 0 unspecified atom stereocenters. The van der Waals surface area contributed by atoms with Crippen molar-refractivity contribution >= 4 is 21.5 Å². The highest BCUT2D eigenvalue weighted by atomic mass is 14.7. The number of fused-ring (bicyclic) bond motifs is 2. The van der Waals surface area contributed by atoms with Crippen molar-refractivity contribution in [1.82, 2.24) is 4.98 Å². The van der Waals surface area contributed by atoms with Gasteiger partial charge in [0.2, 0.25) is 0 Å². The first-order chi connectivity index (χ1) is 11.6. The Morgan fingerprint density at radius 3 is 2.38 bits per heavy atom. The molecule has 0 spiro atoms. The van der Waals surface area contributed by atoms with Crippen molar-refractivity contribution in [3.8, 4) is 11.3 Å². The summed E-state index contributed by atoms with van der Waals surface area (Å²) in [7, 11) is 0. The lowest BCUT2D eigenvalue weighted by atomic mass is 9.93. The first-order valence-corrected chi connectivity index (χ1v) is 8.52. The predicted molar refractivity (Wildman–Crippen MR) is 104 cm³/mol. The molecule has 0 saturated carbocycles. The van der Waals surface area contributed by atoms with Gasteiger partial charge in [-0.05, 0) is 52.3 Å². The Morgan fingerprint density at radius 1 is 0.792 bits per heavy atom. The molecule has 0 aliphatic rings. The van der Waals surface area contributed by atoms with E-state index in [1.54, 1.807) is 0 Å². The van der Waals surface area contributed by atoms with Crippen LogP contribution in [0.4, 0.5) is 0 Å². The van der Waals surface area contributed by atoms with Crippen molar-refractivity contribution in [3.05, 3.63) is 78.0 Å². The van der Waals surface area contributed by atoms with Crippen LogP contribution in [0.25, 0.3) is 32.8 Å². The normalized spacial score (nSPS) is 11.5. The number of pyridine rings is 1. The SMILES string of the molecule is Cc1cc(C(C)C)cc2ccnc(-c3ccc4ccccc4c3)c12. The van der Waals surface area contributed by atoms with Crippen LogP contribution in [0.3, 0.4) is 0 Å². The second-order valence-corrected chi connectivity index (χ2v) is 6.81. The zero-order chi connectivity index (χ0) is 16.7. The maximum absolute atomic E-state index is 4.72. The second kappa shape index (κ2) is 5.76. The standard InChI is InChI=1S/C23H21N/c1-15(2)21-12-16(3)22-19(14-21)10-11-24-23(22)20-9-8-17-6-4-5-7-18(17)13-20/h4-15H,1-3H3. The molecule has 0 saturated heterocycles. The van der Waals surface area contributed by atoms with Crippen molar-refractivity contribution < 1.29 is 0 Å². The number of hydrogen-bond acceptors (Lipinski definition) is 1. The first kappa shape index (κ1) is 14.9. The predicted octanol–water partition coefficient (Wildman–Crippen LogP) is 6.49. The van der Waals surface area contributed by atoms with Crippen molar-refractivity contribution in [2.45, 2.75) is 26.7 Å². The van der Waals surface area contributed by atoms with Gasteiger partial charge in [-0.3, -0.25) is 4.98 Å². The minimum absolute atomic E-state index is 0.533. The van der Waals surface area contributed by atoms with Crippen molar-refractivity contribution in [3.63, 3.8) is 0 Å². The summed E-state index contributed by atoms with van der Waals surface area (Å²) in [6.07, 6.45) is 1.93. The van der Waals surface area contributed by atoms with Gasteiger partial charge in [-0.25, -0.2) is 0 Å². The summed E-state index contributed by atoms with van der Waals surface area (Å²) in [6, 6.07) is 21.8. The molecule has 1 heteroatoms. The Bertz CT molecular complexity index is 1040. The summed E-state index contributed by atoms with van der Waals surface area (Å²) in [6.45, 7) is 6.68. The lowest BCUT2D eigenvalue weighted by Gasteiger charge is -2.13. The summed E-state index contributed by atoms with van der Waals surface area (Å²) in [5, 5.41) is 5.06. The van der Waals surface area contributed by atoms with Crippen LogP contribution >= 0.6 is 0 Å². The quantitative estimate of drug-likeness (QED) is 0.412. The van der Waals surface area contributed by atoms with E-state index in [1.165, 1.54) is 38.2 Å². The fourth-order valence-corrected chi connectivity index (χ4v) is 3.44. The zero-order valence-corrected chi connectivity index (χ0v) is 14.4. The molecule has 0 radical (unpaired) electrons. The van der Waals surface area contributed by atoms with E-state index in [1.807, 2.05) is 6.20 Å². The summed E-state index contributed by atoms with van der Waals surface area (Å²) < 4.78 is 0. The molecule has 0 fully saturated rings.